The van der Waals surface area contributed by atoms with Crippen molar-refractivity contribution in [2.24, 2.45) is 5.92 Å². The molecule has 6 heteroatoms. The third-order valence-corrected chi connectivity index (χ3v) is 3.41. The summed E-state index contributed by atoms with van der Waals surface area (Å²) < 4.78 is 1.92. The van der Waals surface area contributed by atoms with Crippen molar-refractivity contribution in [3.8, 4) is 17.1 Å². The van der Waals surface area contributed by atoms with E-state index in [2.05, 4.69) is 10.2 Å². The van der Waals surface area contributed by atoms with E-state index >= 15 is 0 Å². The Labute approximate surface area is 109 Å². The van der Waals surface area contributed by atoms with E-state index < -0.39 is 5.97 Å². The van der Waals surface area contributed by atoms with E-state index in [1.807, 2.05) is 10.6 Å². The minimum atomic E-state index is -0.784. The quantitative estimate of drug-likeness (QED) is 0.848. The minimum Gasteiger partial charge on any atom is -0.508 e. The molecule has 98 valence electrons. The fourth-order valence-electron chi connectivity index (χ4n) is 2.40. The summed E-state index contributed by atoms with van der Waals surface area (Å²) >= 11 is 0. The lowest BCUT2D eigenvalue weighted by atomic mass is 9.98. The second-order valence-electron chi connectivity index (χ2n) is 4.67. The average Bonchev–Trinajstić information content (AvgIpc) is 2.81. The predicted octanol–water partition coefficient (Wildman–Crippen LogP) is 1.30. The third-order valence-electron chi connectivity index (χ3n) is 3.41. The summed E-state index contributed by atoms with van der Waals surface area (Å²) in [5.41, 5.74) is 0.785. The van der Waals surface area contributed by atoms with Crippen LogP contribution >= 0.6 is 0 Å². The molecule has 1 aromatic heterocycles. The van der Waals surface area contributed by atoms with E-state index in [4.69, 9.17) is 5.11 Å². The van der Waals surface area contributed by atoms with Crippen LogP contribution in [0.2, 0.25) is 0 Å². The van der Waals surface area contributed by atoms with Gasteiger partial charge in [0, 0.05) is 18.5 Å². The summed E-state index contributed by atoms with van der Waals surface area (Å²) in [5.74, 6) is 0.377. The molecule has 6 nitrogen and oxygen atoms in total. The molecular formula is C13H13N3O3. The Bertz CT molecular complexity index is 636. The molecule has 1 aliphatic rings. The summed E-state index contributed by atoms with van der Waals surface area (Å²) in [4.78, 5) is 11.0. The van der Waals surface area contributed by atoms with Gasteiger partial charge in [0.25, 0.3) is 0 Å². The number of rotatable bonds is 2. The normalized spacial score (nSPS) is 18.0. The maximum absolute atomic E-state index is 11.0. The Morgan fingerprint density at radius 2 is 2.21 bits per heavy atom. The highest BCUT2D eigenvalue weighted by Gasteiger charge is 2.27. The molecule has 2 aromatic rings. The van der Waals surface area contributed by atoms with Crippen molar-refractivity contribution in [1.29, 1.82) is 0 Å². The van der Waals surface area contributed by atoms with Crippen LogP contribution in [0.15, 0.2) is 24.3 Å². The number of carboxylic acids is 1. The first kappa shape index (κ1) is 11.7. The number of aliphatic carboxylic acids is 1. The number of carbonyl (C=O) groups is 1. The number of fused-ring (bicyclic) bond motifs is 1. The van der Waals surface area contributed by atoms with Gasteiger partial charge in [-0.15, -0.1) is 10.2 Å². The number of aromatic hydroxyl groups is 1. The van der Waals surface area contributed by atoms with Crippen LogP contribution in [0.5, 0.6) is 5.75 Å². The first-order valence-corrected chi connectivity index (χ1v) is 6.09. The van der Waals surface area contributed by atoms with E-state index in [1.54, 1.807) is 18.2 Å². The van der Waals surface area contributed by atoms with Gasteiger partial charge in [0.1, 0.15) is 11.6 Å². The Morgan fingerprint density at radius 1 is 1.37 bits per heavy atom. The summed E-state index contributed by atoms with van der Waals surface area (Å²) in [5, 5.41) is 26.7. The molecule has 19 heavy (non-hydrogen) atoms. The summed E-state index contributed by atoms with van der Waals surface area (Å²) in [6, 6.07) is 6.81. The highest BCUT2D eigenvalue weighted by Crippen LogP contribution is 2.27. The predicted molar refractivity (Wildman–Crippen MR) is 66.6 cm³/mol. The molecule has 2 N–H and O–H groups in total. The highest BCUT2D eigenvalue weighted by atomic mass is 16.4. The topological polar surface area (TPSA) is 88.2 Å². The molecule has 1 aliphatic heterocycles. The maximum Gasteiger partial charge on any atom is 0.307 e. The van der Waals surface area contributed by atoms with Crippen molar-refractivity contribution in [3.63, 3.8) is 0 Å². The van der Waals surface area contributed by atoms with Gasteiger partial charge in [-0.1, -0.05) is 12.1 Å². The highest BCUT2D eigenvalue weighted by molar-refractivity contribution is 5.70. The number of aromatic nitrogens is 3. The average molecular weight is 259 g/mol. The van der Waals surface area contributed by atoms with E-state index in [1.165, 1.54) is 0 Å². The summed E-state index contributed by atoms with van der Waals surface area (Å²) in [6.45, 7) is 0.588. The zero-order chi connectivity index (χ0) is 13.4. The molecule has 0 saturated carbocycles. The van der Waals surface area contributed by atoms with Crippen molar-refractivity contribution in [3.05, 3.63) is 30.1 Å². The Morgan fingerprint density at radius 3 is 2.95 bits per heavy atom. The number of phenols is 1. The largest absolute Gasteiger partial charge is 0.508 e. The first-order valence-electron chi connectivity index (χ1n) is 6.09. The molecule has 1 unspecified atom stereocenters. The van der Waals surface area contributed by atoms with Crippen molar-refractivity contribution < 1.29 is 15.0 Å². The molecule has 3 rings (SSSR count). The van der Waals surface area contributed by atoms with Crippen LogP contribution in [0.25, 0.3) is 11.4 Å². The van der Waals surface area contributed by atoms with Gasteiger partial charge in [0.2, 0.25) is 0 Å². The van der Waals surface area contributed by atoms with Crippen LogP contribution in [-0.4, -0.2) is 30.9 Å². The lowest BCUT2D eigenvalue weighted by Gasteiger charge is -2.20. The van der Waals surface area contributed by atoms with Crippen LogP contribution in [0.4, 0.5) is 0 Å². The fourth-order valence-corrected chi connectivity index (χ4v) is 2.40. The van der Waals surface area contributed by atoms with Crippen LogP contribution in [0.3, 0.4) is 0 Å². The zero-order valence-corrected chi connectivity index (χ0v) is 10.2. The number of hydrogen-bond donors (Lipinski definition) is 2. The summed E-state index contributed by atoms with van der Waals surface area (Å²) in [7, 11) is 0. The van der Waals surface area contributed by atoms with Gasteiger partial charge in [-0.05, 0) is 18.6 Å². The van der Waals surface area contributed by atoms with Gasteiger partial charge in [0.05, 0.1) is 5.92 Å². The summed E-state index contributed by atoms with van der Waals surface area (Å²) in [6.07, 6.45) is 0.980. The SMILES string of the molecule is O=C(O)C1CCn2c(nnc2-c2cccc(O)c2)C1. The van der Waals surface area contributed by atoms with E-state index in [0.29, 0.717) is 31.0 Å². The second-order valence-corrected chi connectivity index (χ2v) is 4.67. The van der Waals surface area contributed by atoms with Gasteiger partial charge in [-0.3, -0.25) is 4.79 Å². The molecule has 0 spiro atoms. The maximum atomic E-state index is 11.0. The van der Waals surface area contributed by atoms with E-state index in [0.717, 1.165) is 5.56 Å². The Hall–Kier alpha value is -2.37. The Balaban J connectivity index is 1.97. The molecule has 0 bridgehead atoms. The molecule has 0 radical (unpaired) electrons. The number of benzene rings is 1. The minimum absolute atomic E-state index is 0.175. The molecule has 1 atom stereocenters. The Kier molecular flexibility index (Phi) is 2.70. The zero-order valence-electron chi connectivity index (χ0n) is 10.2. The smallest absolute Gasteiger partial charge is 0.307 e. The first-order chi connectivity index (χ1) is 9.15. The molecule has 0 amide bonds. The number of phenolic OH excluding ortho intramolecular Hbond substituents is 1. The van der Waals surface area contributed by atoms with Crippen molar-refractivity contribution in [2.45, 2.75) is 19.4 Å². The fraction of sp³-hybridized carbons (Fsp3) is 0.308. The lowest BCUT2D eigenvalue weighted by Crippen LogP contribution is -2.26. The third kappa shape index (κ3) is 2.05. The molecule has 1 aromatic carbocycles. The molecular weight excluding hydrogens is 246 g/mol. The number of hydrogen-bond acceptors (Lipinski definition) is 4. The van der Waals surface area contributed by atoms with Gasteiger partial charge >= 0.3 is 5.97 Å². The van der Waals surface area contributed by atoms with Crippen LogP contribution in [-0.2, 0) is 17.8 Å². The molecule has 0 aliphatic carbocycles. The molecule has 2 heterocycles. The van der Waals surface area contributed by atoms with Crippen LogP contribution in [0.1, 0.15) is 12.2 Å². The standard InChI is InChI=1S/C13H13N3O3/c17-10-3-1-2-8(6-10)12-15-14-11-7-9(13(18)19)4-5-16(11)12/h1-3,6,9,17H,4-5,7H2,(H,18,19). The van der Waals surface area contributed by atoms with E-state index in [9.17, 15) is 9.90 Å². The van der Waals surface area contributed by atoms with Gasteiger partial charge in [0.15, 0.2) is 5.82 Å². The van der Waals surface area contributed by atoms with Gasteiger partial charge in [-0.25, -0.2) is 0 Å². The van der Waals surface area contributed by atoms with Crippen LogP contribution in [0, 0.1) is 5.92 Å². The lowest BCUT2D eigenvalue weighted by molar-refractivity contribution is -0.142. The molecule has 0 fully saturated rings. The second kappa shape index (κ2) is 4.38. The van der Waals surface area contributed by atoms with Gasteiger partial charge < -0.3 is 14.8 Å². The van der Waals surface area contributed by atoms with Crippen molar-refractivity contribution >= 4 is 5.97 Å². The molecule has 0 saturated heterocycles. The van der Waals surface area contributed by atoms with Crippen molar-refractivity contribution in [2.75, 3.05) is 0 Å². The van der Waals surface area contributed by atoms with Crippen LogP contribution < -0.4 is 0 Å². The monoisotopic (exact) mass is 259 g/mol. The van der Waals surface area contributed by atoms with Crippen molar-refractivity contribution in [1.82, 2.24) is 14.8 Å². The number of nitrogens with zero attached hydrogens (tertiary/aromatic N) is 3. The van der Waals surface area contributed by atoms with E-state index in [-0.39, 0.29) is 11.7 Å². The van der Waals surface area contributed by atoms with Gasteiger partial charge in [-0.2, -0.15) is 0 Å². The number of carboxylic acid groups (broad SMARTS) is 1.